The lowest BCUT2D eigenvalue weighted by Gasteiger charge is -1.99. The average Bonchev–Trinajstić information content (AvgIpc) is 2.57. The number of fused-ring (bicyclic) bond motifs is 1. The molecular formula is C9H10FN3O. The molecule has 0 aliphatic rings. The van der Waals surface area contributed by atoms with Crippen molar-refractivity contribution in [2.45, 2.75) is 0 Å². The molecule has 0 aliphatic heterocycles. The van der Waals surface area contributed by atoms with Gasteiger partial charge in [0, 0.05) is 6.54 Å². The lowest BCUT2D eigenvalue weighted by atomic mass is 10.2. The molecule has 3 N–H and O–H groups in total. The van der Waals surface area contributed by atoms with Crippen LogP contribution in [0.15, 0.2) is 18.2 Å². The summed E-state index contributed by atoms with van der Waals surface area (Å²) in [7, 11) is 0. The lowest BCUT2D eigenvalue weighted by molar-refractivity contribution is 0.318. The highest BCUT2D eigenvalue weighted by Crippen LogP contribution is 2.22. The van der Waals surface area contributed by atoms with Gasteiger partial charge < -0.3 is 10.5 Å². The van der Waals surface area contributed by atoms with E-state index in [0.29, 0.717) is 24.5 Å². The molecule has 0 saturated carbocycles. The predicted octanol–water partition coefficient (Wildman–Crippen LogP) is 1.04. The second kappa shape index (κ2) is 3.63. The van der Waals surface area contributed by atoms with E-state index < -0.39 is 0 Å². The van der Waals surface area contributed by atoms with Crippen molar-refractivity contribution in [3.63, 3.8) is 0 Å². The minimum Gasteiger partial charge on any atom is -0.475 e. The van der Waals surface area contributed by atoms with Crippen LogP contribution in [0.25, 0.3) is 10.9 Å². The standard InChI is InChI=1S/C9H10FN3O/c10-6-1-2-7-8(5-6)12-13-9(7)14-4-3-11/h1-2,5H,3-4,11H2,(H,12,13). The maximum atomic E-state index is 12.8. The minimum atomic E-state index is -0.300. The molecule has 2 rings (SSSR count). The third kappa shape index (κ3) is 1.54. The van der Waals surface area contributed by atoms with Gasteiger partial charge in [-0.2, -0.15) is 0 Å². The number of halogens is 1. The fourth-order valence-electron chi connectivity index (χ4n) is 1.23. The lowest BCUT2D eigenvalue weighted by Crippen LogP contribution is -2.10. The first-order valence-corrected chi connectivity index (χ1v) is 4.28. The first-order chi connectivity index (χ1) is 6.81. The first kappa shape index (κ1) is 8.96. The van der Waals surface area contributed by atoms with Gasteiger partial charge in [-0.15, -0.1) is 5.10 Å². The van der Waals surface area contributed by atoms with Crippen molar-refractivity contribution in [1.82, 2.24) is 10.2 Å². The van der Waals surface area contributed by atoms with E-state index >= 15 is 0 Å². The highest BCUT2D eigenvalue weighted by molar-refractivity contribution is 5.83. The van der Waals surface area contributed by atoms with Crippen molar-refractivity contribution < 1.29 is 9.13 Å². The van der Waals surface area contributed by atoms with E-state index in [0.717, 1.165) is 5.39 Å². The fourth-order valence-corrected chi connectivity index (χ4v) is 1.23. The van der Waals surface area contributed by atoms with Crippen LogP contribution in [0.4, 0.5) is 4.39 Å². The molecule has 4 nitrogen and oxygen atoms in total. The van der Waals surface area contributed by atoms with Gasteiger partial charge in [-0.3, -0.25) is 5.10 Å². The monoisotopic (exact) mass is 195 g/mol. The highest BCUT2D eigenvalue weighted by atomic mass is 19.1. The zero-order chi connectivity index (χ0) is 9.97. The highest BCUT2D eigenvalue weighted by Gasteiger charge is 2.06. The predicted molar refractivity (Wildman–Crippen MR) is 50.6 cm³/mol. The normalized spacial score (nSPS) is 10.7. The number of aromatic nitrogens is 2. The third-order valence-corrected chi connectivity index (χ3v) is 1.85. The Hall–Kier alpha value is -1.62. The largest absolute Gasteiger partial charge is 0.475 e. The summed E-state index contributed by atoms with van der Waals surface area (Å²) in [6.45, 7) is 0.826. The molecular weight excluding hydrogens is 185 g/mol. The maximum absolute atomic E-state index is 12.8. The molecule has 0 unspecified atom stereocenters. The summed E-state index contributed by atoms with van der Waals surface area (Å²) >= 11 is 0. The summed E-state index contributed by atoms with van der Waals surface area (Å²) < 4.78 is 18.0. The molecule has 1 aromatic heterocycles. The molecule has 2 aromatic rings. The van der Waals surface area contributed by atoms with E-state index in [2.05, 4.69) is 10.2 Å². The molecule has 5 heteroatoms. The van der Waals surface area contributed by atoms with Crippen LogP contribution in [0.1, 0.15) is 0 Å². The average molecular weight is 195 g/mol. The summed E-state index contributed by atoms with van der Waals surface area (Å²) in [5.41, 5.74) is 5.91. The summed E-state index contributed by atoms with van der Waals surface area (Å²) in [6, 6.07) is 4.37. The summed E-state index contributed by atoms with van der Waals surface area (Å²) in [5, 5.41) is 7.35. The van der Waals surface area contributed by atoms with Crippen LogP contribution in [-0.4, -0.2) is 23.3 Å². The van der Waals surface area contributed by atoms with Gasteiger partial charge >= 0.3 is 0 Å². The summed E-state index contributed by atoms with van der Waals surface area (Å²) in [4.78, 5) is 0. The van der Waals surface area contributed by atoms with Crippen LogP contribution < -0.4 is 10.5 Å². The number of nitrogens with two attached hydrogens (primary N) is 1. The van der Waals surface area contributed by atoms with Crippen molar-refractivity contribution in [1.29, 1.82) is 0 Å². The SMILES string of the molecule is NCCOc1n[nH]c2cc(F)ccc12. The van der Waals surface area contributed by atoms with Gasteiger partial charge in [-0.1, -0.05) is 0 Å². The van der Waals surface area contributed by atoms with E-state index in [1.165, 1.54) is 12.1 Å². The number of hydrogen-bond donors (Lipinski definition) is 2. The van der Waals surface area contributed by atoms with Gasteiger partial charge in [0.2, 0.25) is 5.88 Å². The Balaban J connectivity index is 2.37. The number of nitrogens with zero attached hydrogens (tertiary/aromatic N) is 1. The van der Waals surface area contributed by atoms with Crippen molar-refractivity contribution >= 4 is 10.9 Å². The summed E-state index contributed by atoms with van der Waals surface area (Å²) in [6.07, 6.45) is 0. The van der Waals surface area contributed by atoms with Crippen molar-refractivity contribution in [2.24, 2.45) is 5.73 Å². The Morgan fingerprint density at radius 3 is 3.14 bits per heavy atom. The zero-order valence-electron chi connectivity index (χ0n) is 7.46. The van der Waals surface area contributed by atoms with Crippen molar-refractivity contribution in [2.75, 3.05) is 13.2 Å². The topological polar surface area (TPSA) is 63.9 Å². The van der Waals surface area contributed by atoms with Crippen molar-refractivity contribution in [3.05, 3.63) is 24.0 Å². The smallest absolute Gasteiger partial charge is 0.240 e. The number of ether oxygens (including phenoxy) is 1. The van der Waals surface area contributed by atoms with Gasteiger partial charge in [-0.25, -0.2) is 4.39 Å². The van der Waals surface area contributed by atoms with Crippen LogP contribution in [-0.2, 0) is 0 Å². The number of hydrogen-bond acceptors (Lipinski definition) is 3. The van der Waals surface area contributed by atoms with E-state index in [1.807, 2.05) is 0 Å². The molecule has 0 amide bonds. The second-order valence-electron chi connectivity index (χ2n) is 2.86. The van der Waals surface area contributed by atoms with Crippen LogP contribution in [0.3, 0.4) is 0 Å². The molecule has 0 bridgehead atoms. The van der Waals surface area contributed by atoms with Crippen LogP contribution in [0.5, 0.6) is 5.88 Å². The van der Waals surface area contributed by atoms with Gasteiger partial charge in [0.25, 0.3) is 0 Å². The quantitative estimate of drug-likeness (QED) is 0.769. The van der Waals surface area contributed by atoms with E-state index in [4.69, 9.17) is 10.5 Å². The van der Waals surface area contributed by atoms with Gasteiger partial charge in [0.15, 0.2) is 0 Å². The molecule has 0 aliphatic carbocycles. The Labute approximate surface area is 79.9 Å². The first-order valence-electron chi connectivity index (χ1n) is 4.28. The molecule has 0 fully saturated rings. The van der Waals surface area contributed by atoms with Crippen molar-refractivity contribution in [3.8, 4) is 5.88 Å². The van der Waals surface area contributed by atoms with Crippen LogP contribution in [0, 0.1) is 5.82 Å². The van der Waals surface area contributed by atoms with E-state index in [1.54, 1.807) is 6.07 Å². The molecule has 0 radical (unpaired) electrons. The van der Waals surface area contributed by atoms with E-state index in [9.17, 15) is 4.39 Å². The molecule has 14 heavy (non-hydrogen) atoms. The Bertz CT molecular complexity index is 441. The summed E-state index contributed by atoms with van der Waals surface area (Å²) in [5.74, 6) is 0.164. The van der Waals surface area contributed by atoms with Gasteiger partial charge in [0.1, 0.15) is 12.4 Å². The Kier molecular flexibility index (Phi) is 2.32. The third-order valence-electron chi connectivity index (χ3n) is 1.85. The molecule has 0 spiro atoms. The zero-order valence-corrected chi connectivity index (χ0v) is 7.46. The maximum Gasteiger partial charge on any atom is 0.240 e. The second-order valence-corrected chi connectivity index (χ2v) is 2.86. The molecule has 0 atom stereocenters. The van der Waals surface area contributed by atoms with Crippen LogP contribution >= 0.6 is 0 Å². The molecule has 1 heterocycles. The van der Waals surface area contributed by atoms with E-state index in [-0.39, 0.29) is 5.82 Å². The molecule has 0 saturated heterocycles. The number of nitrogens with one attached hydrogen (secondary N) is 1. The van der Waals surface area contributed by atoms with Gasteiger partial charge in [0.05, 0.1) is 10.9 Å². The van der Waals surface area contributed by atoms with Crippen LogP contribution in [0.2, 0.25) is 0 Å². The fraction of sp³-hybridized carbons (Fsp3) is 0.222. The number of H-pyrrole nitrogens is 1. The van der Waals surface area contributed by atoms with Gasteiger partial charge in [-0.05, 0) is 18.2 Å². The molecule has 1 aromatic carbocycles. The Morgan fingerprint density at radius 2 is 2.36 bits per heavy atom. The molecule has 74 valence electrons. The minimum absolute atomic E-state index is 0.300. The number of rotatable bonds is 3. The Morgan fingerprint density at radius 1 is 1.50 bits per heavy atom. The number of aromatic amines is 1. The number of benzene rings is 1.